The van der Waals surface area contributed by atoms with Crippen molar-refractivity contribution in [3.63, 3.8) is 0 Å². The van der Waals surface area contributed by atoms with E-state index in [2.05, 4.69) is 9.58 Å². The van der Waals surface area contributed by atoms with Crippen LogP contribution in [0.2, 0.25) is 0 Å². The van der Waals surface area contributed by atoms with Crippen molar-refractivity contribution in [2.45, 2.75) is 75.5 Å². The fourth-order valence-electron chi connectivity index (χ4n) is 5.68. The summed E-state index contributed by atoms with van der Waals surface area (Å²) in [5, 5.41) is 4.70. The summed E-state index contributed by atoms with van der Waals surface area (Å²) in [5.41, 5.74) is 6.86. The summed E-state index contributed by atoms with van der Waals surface area (Å²) >= 11 is 0. The number of anilines is 1. The van der Waals surface area contributed by atoms with E-state index in [-0.39, 0.29) is 0 Å². The van der Waals surface area contributed by atoms with Gasteiger partial charge in [-0.05, 0) is 57.3 Å². The minimum absolute atomic E-state index is 0.442. The van der Waals surface area contributed by atoms with Gasteiger partial charge in [-0.1, -0.05) is 0 Å². The Morgan fingerprint density at radius 2 is 1.54 bits per heavy atom. The number of nitrogens with zero attached hydrogens (tertiary/aromatic N) is 3. The van der Waals surface area contributed by atoms with Gasteiger partial charge in [0.25, 0.3) is 5.88 Å². The molecule has 3 saturated heterocycles. The first kappa shape index (κ1) is 18.7. The zero-order valence-corrected chi connectivity index (χ0v) is 16.8. The monoisotopic (exact) mass is 390 g/mol. The molecule has 0 amide bonds. The molecule has 1 aromatic heterocycles. The lowest BCUT2D eigenvalue weighted by molar-refractivity contribution is -0.0458. The van der Waals surface area contributed by atoms with E-state index in [4.69, 9.17) is 25.0 Å². The molecule has 7 heteroatoms. The maximum absolute atomic E-state index is 6.20. The third kappa shape index (κ3) is 3.76. The normalized spacial score (nSPS) is 34.6. The largest absolute Gasteiger partial charge is 0.475 e. The van der Waals surface area contributed by atoms with Crippen molar-refractivity contribution >= 4 is 5.69 Å². The first-order chi connectivity index (χ1) is 13.8. The van der Waals surface area contributed by atoms with Crippen LogP contribution >= 0.6 is 0 Å². The first-order valence-electron chi connectivity index (χ1n) is 11.2. The van der Waals surface area contributed by atoms with E-state index in [0.717, 1.165) is 45.3 Å². The Hall–Kier alpha value is -1.31. The molecule has 28 heavy (non-hydrogen) atoms. The van der Waals surface area contributed by atoms with Crippen molar-refractivity contribution < 1.29 is 14.2 Å². The van der Waals surface area contributed by atoms with Gasteiger partial charge in [-0.15, -0.1) is 5.10 Å². The van der Waals surface area contributed by atoms with Crippen LogP contribution in [0.3, 0.4) is 0 Å². The first-order valence-corrected chi connectivity index (χ1v) is 11.2. The minimum atomic E-state index is 0.442. The van der Waals surface area contributed by atoms with Crippen LogP contribution in [0.4, 0.5) is 5.69 Å². The van der Waals surface area contributed by atoms with Crippen molar-refractivity contribution in [3.05, 3.63) is 6.20 Å². The SMILES string of the molecule is Nc1cn([C@H]2CC[C@H](N3[C@@H]4CC[C@H]3COC4)CC2)nc1OCC1CCOCC1. The molecule has 2 atom stereocenters. The number of hydrogen-bond donors (Lipinski definition) is 1. The van der Waals surface area contributed by atoms with Gasteiger partial charge in [0.15, 0.2) is 0 Å². The molecule has 1 aromatic rings. The molecule has 7 nitrogen and oxygen atoms in total. The molecule has 4 aliphatic rings. The topological polar surface area (TPSA) is 74.8 Å². The van der Waals surface area contributed by atoms with Crippen LogP contribution in [0.5, 0.6) is 5.88 Å². The predicted molar refractivity (Wildman–Crippen MR) is 106 cm³/mol. The Balaban J connectivity index is 1.15. The van der Waals surface area contributed by atoms with E-state index in [1.54, 1.807) is 0 Å². The summed E-state index contributed by atoms with van der Waals surface area (Å²) in [7, 11) is 0. The van der Waals surface area contributed by atoms with Gasteiger partial charge in [0.1, 0.15) is 5.69 Å². The van der Waals surface area contributed by atoms with E-state index in [1.807, 2.05) is 6.20 Å². The number of ether oxygens (including phenoxy) is 3. The van der Waals surface area contributed by atoms with E-state index in [9.17, 15) is 0 Å². The maximum atomic E-state index is 6.20. The highest BCUT2D eigenvalue weighted by atomic mass is 16.5. The van der Waals surface area contributed by atoms with E-state index >= 15 is 0 Å². The number of nitrogens with two attached hydrogens (primary N) is 1. The van der Waals surface area contributed by atoms with Gasteiger partial charge in [0.2, 0.25) is 0 Å². The molecule has 0 aromatic carbocycles. The van der Waals surface area contributed by atoms with Crippen LogP contribution in [0, 0.1) is 5.92 Å². The van der Waals surface area contributed by atoms with Gasteiger partial charge in [0, 0.05) is 31.3 Å². The number of hydrogen-bond acceptors (Lipinski definition) is 6. The number of aromatic nitrogens is 2. The van der Waals surface area contributed by atoms with Gasteiger partial charge < -0.3 is 19.9 Å². The minimum Gasteiger partial charge on any atom is -0.475 e. The lowest BCUT2D eigenvalue weighted by Crippen LogP contribution is -2.52. The summed E-state index contributed by atoms with van der Waals surface area (Å²) in [6.45, 7) is 4.23. The van der Waals surface area contributed by atoms with Crippen molar-refractivity contribution in [2.24, 2.45) is 5.92 Å². The molecule has 156 valence electrons. The Bertz CT molecular complexity index is 636. The molecule has 0 unspecified atom stereocenters. The molecule has 4 heterocycles. The van der Waals surface area contributed by atoms with Crippen LogP contribution in [0.1, 0.15) is 57.4 Å². The lowest BCUT2D eigenvalue weighted by atomic mass is 9.89. The summed E-state index contributed by atoms with van der Waals surface area (Å²) in [6, 6.07) is 2.48. The summed E-state index contributed by atoms with van der Waals surface area (Å²) in [4.78, 5) is 2.79. The second-order valence-electron chi connectivity index (χ2n) is 9.07. The highest BCUT2D eigenvalue weighted by Crippen LogP contribution is 2.39. The molecule has 0 radical (unpaired) electrons. The Morgan fingerprint density at radius 3 is 2.25 bits per heavy atom. The third-order valence-corrected chi connectivity index (χ3v) is 7.28. The second-order valence-corrected chi connectivity index (χ2v) is 9.07. The molecule has 0 spiro atoms. The summed E-state index contributed by atoms with van der Waals surface area (Å²) < 4.78 is 19.2. The highest BCUT2D eigenvalue weighted by molar-refractivity contribution is 5.46. The van der Waals surface area contributed by atoms with Gasteiger partial charge >= 0.3 is 0 Å². The molecule has 3 aliphatic heterocycles. The predicted octanol–water partition coefficient (Wildman–Crippen LogP) is 2.62. The van der Waals surface area contributed by atoms with E-state index < -0.39 is 0 Å². The van der Waals surface area contributed by atoms with E-state index in [1.165, 1.54) is 38.5 Å². The van der Waals surface area contributed by atoms with Crippen LogP contribution in [-0.4, -0.2) is 65.8 Å². The van der Waals surface area contributed by atoms with Gasteiger partial charge in [-0.2, -0.15) is 0 Å². The fraction of sp³-hybridized carbons (Fsp3) is 0.857. The number of nitrogen functional groups attached to an aromatic ring is 1. The van der Waals surface area contributed by atoms with Crippen LogP contribution < -0.4 is 10.5 Å². The average Bonchev–Trinajstić information content (AvgIpc) is 3.23. The quantitative estimate of drug-likeness (QED) is 0.833. The maximum Gasteiger partial charge on any atom is 0.256 e. The van der Waals surface area contributed by atoms with Crippen LogP contribution in [0.15, 0.2) is 6.20 Å². The average molecular weight is 391 g/mol. The number of fused-ring (bicyclic) bond motifs is 2. The smallest absolute Gasteiger partial charge is 0.256 e. The Kier molecular flexibility index (Phi) is 5.48. The van der Waals surface area contributed by atoms with Crippen LogP contribution in [0.25, 0.3) is 0 Å². The van der Waals surface area contributed by atoms with Crippen molar-refractivity contribution in [1.29, 1.82) is 0 Å². The Labute approximate surface area is 167 Å². The van der Waals surface area contributed by atoms with Crippen molar-refractivity contribution in [3.8, 4) is 5.88 Å². The second kappa shape index (κ2) is 8.20. The third-order valence-electron chi connectivity index (χ3n) is 7.28. The molecule has 2 N–H and O–H groups in total. The molecule has 2 bridgehead atoms. The zero-order chi connectivity index (χ0) is 18.9. The molecule has 1 aliphatic carbocycles. The fourth-order valence-corrected chi connectivity index (χ4v) is 5.68. The molecule has 4 fully saturated rings. The number of rotatable bonds is 5. The van der Waals surface area contributed by atoms with Gasteiger partial charge in [-0.3, -0.25) is 9.58 Å². The standard InChI is InChI=1S/C21H34N4O3/c22-20-11-24(23-21(20)28-12-15-7-9-26-10-8-15)16-1-3-17(4-2-16)25-18-5-6-19(25)14-27-13-18/h11,15-19H,1-10,12-14,22H2/t16-,17-,18-,19+. The van der Waals surface area contributed by atoms with E-state index in [0.29, 0.717) is 42.2 Å². The highest BCUT2D eigenvalue weighted by Gasteiger charge is 2.42. The summed E-state index contributed by atoms with van der Waals surface area (Å²) in [5.74, 6) is 1.16. The molecular formula is C21H34N4O3. The van der Waals surface area contributed by atoms with Gasteiger partial charge in [-0.25, -0.2) is 0 Å². The van der Waals surface area contributed by atoms with Crippen molar-refractivity contribution in [1.82, 2.24) is 14.7 Å². The molecular weight excluding hydrogens is 356 g/mol. The van der Waals surface area contributed by atoms with Crippen molar-refractivity contribution in [2.75, 3.05) is 38.8 Å². The number of morpholine rings is 1. The van der Waals surface area contributed by atoms with Gasteiger partial charge in [0.05, 0.1) is 32.1 Å². The zero-order valence-electron chi connectivity index (χ0n) is 16.8. The molecule has 1 saturated carbocycles. The summed E-state index contributed by atoms with van der Waals surface area (Å²) in [6.07, 6.45) is 11.6. The van der Waals surface area contributed by atoms with Crippen LogP contribution in [-0.2, 0) is 9.47 Å². The Morgan fingerprint density at radius 1 is 0.893 bits per heavy atom. The lowest BCUT2D eigenvalue weighted by Gasteiger charge is -2.43. The molecule has 5 rings (SSSR count).